The Balaban J connectivity index is 0.000000262. The van der Waals surface area contributed by atoms with E-state index in [0.29, 0.717) is 22.6 Å². The molecule has 0 N–H and O–H groups in total. The van der Waals surface area contributed by atoms with Gasteiger partial charge in [-0.15, -0.1) is 9.48 Å². The zero-order chi connectivity index (χ0) is 43.8. The summed E-state index contributed by atoms with van der Waals surface area (Å²) in [6, 6.07) is 8.53. The number of nitro groups is 2. The molecule has 318 valence electrons. The van der Waals surface area contributed by atoms with Gasteiger partial charge in [0.25, 0.3) is 22.5 Å². The highest BCUT2D eigenvalue weighted by molar-refractivity contribution is 7.99. The first-order valence-corrected chi connectivity index (χ1v) is 20.9. The third-order valence-electron chi connectivity index (χ3n) is 8.99. The number of hydrogen-bond acceptors (Lipinski definition) is 14. The van der Waals surface area contributed by atoms with E-state index in [4.69, 9.17) is 13.8 Å². The summed E-state index contributed by atoms with van der Waals surface area (Å²) in [6.45, 7) is 16.6. The molecule has 2 unspecified atom stereocenters. The van der Waals surface area contributed by atoms with Crippen LogP contribution in [0.3, 0.4) is 0 Å². The number of benzene rings is 2. The minimum atomic E-state index is -0.677. The second-order valence-corrected chi connectivity index (χ2v) is 17.8. The van der Waals surface area contributed by atoms with E-state index in [1.807, 2.05) is 59.5 Å². The van der Waals surface area contributed by atoms with Crippen molar-refractivity contribution in [1.29, 1.82) is 0 Å². The lowest BCUT2D eigenvalue weighted by Gasteiger charge is -2.19. The van der Waals surface area contributed by atoms with Crippen LogP contribution in [-0.2, 0) is 16.7 Å². The summed E-state index contributed by atoms with van der Waals surface area (Å²) in [5, 5.41) is 22.9. The van der Waals surface area contributed by atoms with Crippen molar-refractivity contribution in [3.8, 4) is 11.4 Å². The van der Waals surface area contributed by atoms with Crippen LogP contribution in [0.1, 0.15) is 90.6 Å². The fourth-order valence-electron chi connectivity index (χ4n) is 6.02. The lowest BCUT2D eigenvalue weighted by atomic mass is 9.90. The second-order valence-electron chi connectivity index (χ2n) is 14.9. The zero-order valence-electron chi connectivity index (χ0n) is 34.9. The van der Waals surface area contributed by atoms with Gasteiger partial charge in [-0.05, 0) is 72.5 Å². The summed E-state index contributed by atoms with van der Waals surface area (Å²) in [7, 11) is 4.01. The lowest BCUT2D eigenvalue weighted by molar-refractivity contribution is -0.385. The van der Waals surface area contributed by atoms with Crippen LogP contribution in [0.2, 0.25) is 0 Å². The maximum atomic E-state index is 13.3. The number of rotatable bonds is 16. The Bertz CT molecular complexity index is 2370. The van der Waals surface area contributed by atoms with Gasteiger partial charge in [-0.1, -0.05) is 26.8 Å². The average molecular weight is 854 g/mol. The molecule has 5 aromatic rings. The number of hydrogen-bond donors (Lipinski definition) is 0. The molecule has 2 aromatic carbocycles. The first-order valence-electron chi connectivity index (χ1n) is 18.8. The molecule has 2 atom stereocenters. The predicted octanol–water partition coefficient (Wildman–Crippen LogP) is 7.82. The van der Waals surface area contributed by atoms with Crippen LogP contribution in [0.15, 0.2) is 73.8 Å². The summed E-state index contributed by atoms with van der Waals surface area (Å²) in [4.78, 5) is 66.3. The van der Waals surface area contributed by atoms with E-state index in [0.717, 1.165) is 45.7 Å². The highest BCUT2D eigenvalue weighted by atomic mass is 32.2. The van der Waals surface area contributed by atoms with E-state index in [1.165, 1.54) is 18.2 Å². The summed E-state index contributed by atoms with van der Waals surface area (Å²) in [5.74, 6) is 1.89. The quantitative estimate of drug-likeness (QED) is 0.0528. The summed E-state index contributed by atoms with van der Waals surface area (Å²) >= 11 is 3.24. The first-order chi connectivity index (χ1) is 27.8. The van der Waals surface area contributed by atoms with E-state index in [1.54, 1.807) is 69.0 Å². The second kappa shape index (κ2) is 20.0. The van der Waals surface area contributed by atoms with Crippen molar-refractivity contribution in [2.24, 2.45) is 0 Å². The average Bonchev–Trinajstić information content (AvgIpc) is 3.88. The van der Waals surface area contributed by atoms with Crippen molar-refractivity contribution in [1.82, 2.24) is 23.9 Å². The van der Waals surface area contributed by atoms with Crippen molar-refractivity contribution in [2.45, 2.75) is 77.8 Å². The van der Waals surface area contributed by atoms with E-state index in [-0.39, 0.29) is 45.3 Å². The largest absolute Gasteiger partial charge is 0.462 e. The summed E-state index contributed by atoms with van der Waals surface area (Å²) < 4.78 is 20.4. The molecular formula is C40H51N7O10S2. The molecule has 0 aliphatic heterocycles. The summed E-state index contributed by atoms with van der Waals surface area (Å²) in [5.41, 5.74) is 0.130. The third-order valence-corrected chi connectivity index (χ3v) is 11.3. The molecule has 0 fully saturated rings. The topological polar surface area (TPSA) is 204 Å². The molecule has 19 heteroatoms. The predicted molar refractivity (Wildman–Crippen MR) is 229 cm³/mol. The molecular weight excluding hydrogens is 803 g/mol. The van der Waals surface area contributed by atoms with Crippen LogP contribution in [-0.4, -0.2) is 78.5 Å². The zero-order valence-corrected chi connectivity index (χ0v) is 36.5. The highest BCUT2D eigenvalue weighted by Crippen LogP contribution is 2.36. The van der Waals surface area contributed by atoms with Crippen LogP contribution in [0.25, 0.3) is 11.4 Å². The van der Waals surface area contributed by atoms with Gasteiger partial charge in [-0.3, -0.25) is 29.8 Å². The van der Waals surface area contributed by atoms with Crippen LogP contribution in [0, 0.1) is 34.1 Å². The molecule has 3 heterocycles. The van der Waals surface area contributed by atoms with Crippen molar-refractivity contribution in [2.75, 3.05) is 38.8 Å². The van der Waals surface area contributed by atoms with E-state index < -0.39 is 32.5 Å². The van der Waals surface area contributed by atoms with Crippen LogP contribution in [0.5, 0.6) is 0 Å². The van der Waals surface area contributed by atoms with Gasteiger partial charge in [0.15, 0.2) is 11.4 Å². The Morgan fingerprint density at radius 3 is 2.05 bits per heavy atom. The van der Waals surface area contributed by atoms with Gasteiger partial charge < -0.3 is 23.3 Å². The number of nitrogens with zero attached hydrogens (tertiary/aromatic N) is 7. The molecule has 0 aliphatic carbocycles. The molecule has 0 radical (unpaired) electrons. The number of carbonyl (C=O) groups excluding carboxylic acids is 1. The minimum Gasteiger partial charge on any atom is -0.462 e. The number of ether oxygens (including phenoxy) is 1. The monoisotopic (exact) mass is 853 g/mol. The SMILES string of the molecule is CCOC(=O)c1ccc(-n2oc(C)c(C(C)SCCn3ccnc3)c2=O)c([N+](=O)[O-])c1.Cc1ccc(-n2oc(C(C)(C)C)c(C(C)SCCN(C)C)c2=O)c([N+](=O)[O-])c1. The van der Waals surface area contributed by atoms with Crippen molar-refractivity contribution >= 4 is 40.9 Å². The van der Waals surface area contributed by atoms with E-state index in [2.05, 4.69) is 9.88 Å². The number of carbonyl (C=O) groups is 1. The highest BCUT2D eigenvalue weighted by Gasteiger charge is 2.33. The van der Waals surface area contributed by atoms with Crippen molar-refractivity contribution in [3.05, 3.63) is 130 Å². The van der Waals surface area contributed by atoms with Gasteiger partial charge >= 0.3 is 5.97 Å². The number of esters is 1. The maximum Gasteiger partial charge on any atom is 0.338 e. The number of imidazole rings is 1. The fraction of sp³-hybridized carbons (Fsp3) is 0.450. The van der Waals surface area contributed by atoms with Gasteiger partial charge in [-0.25, -0.2) is 9.78 Å². The molecule has 0 saturated heterocycles. The van der Waals surface area contributed by atoms with Gasteiger partial charge in [0, 0.05) is 65.0 Å². The Hall–Kier alpha value is -5.40. The van der Waals surface area contributed by atoms with Gasteiger partial charge in [-0.2, -0.15) is 23.5 Å². The van der Waals surface area contributed by atoms with E-state index in [9.17, 15) is 34.6 Å². The minimum absolute atomic E-state index is 0.0253. The Morgan fingerprint density at radius 2 is 1.47 bits per heavy atom. The Labute approximate surface area is 349 Å². The number of nitro benzene ring substituents is 2. The number of aryl methyl sites for hydroxylation is 3. The van der Waals surface area contributed by atoms with Crippen LogP contribution >= 0.6 is 23.5 Å². The van der Waals surface area contributed by atoms with Crippen molar-refractivity contribution in [3.63, 3.8) is 0 Å². The third kappa shape index (κ3) is 11.4. The van der Waals surface area contributed by atoms with Gasteiger partial charge in [0.2, 0.25) is 0 Å². The van der Waals surface area contributed by atoms with Crippen LogP contribution in [0.4, 0.5) is 11.4 Å². The Kier molecular flexibility index (Phi) is 15.7. The molecule has 0 spiro atoms. The number of thioether (sulfide) groups is 2. The van der Waals surface area contributed by atoms with Gasteiger partial charge in [0.05, 0.1) is 39.5 Å². The molecule has 0 amide bonds. The molecule has 0 bridgehead atoms. The van der Waals surface area contributed by atoms with Crippen molar-refractivity contribution < 1.29 is 28.4 Å². The normalized spacial score (nSPS) is 12.5. The standard InChI is InChI=1S/C20H22N4O6S.C20H29N3O4S/c1-4-29-20(26)15-5-6-16(17(11-15)24(27)28)23-19(25)18(13(2)30-23)14(3)31-10-9-22-8-7-21-12-22;1-13-8-9-15(16(12-13)23(25)26)22-19(24)17(18(27-22)20(3,4)5)14(2)28-11-10-21(6)7/h5-8,11-12,14H,4,9-10H2,1-3H3;8-9,12,14H,10-11H2,1-7H3. The summed E-state index contributed by atoms with van der Waals surface area (Å²) in [6.07, 6.45) is 5.29. The smallest absolute Gasteiger partial charge is 0.338 e. The number of aromatic nitrogens is 4. The van der Waals surface area contributed by atoms with Crippen LogP contribution < -0.4 is 11.1 Å². The molecule has 17 nitrogen and oxygen atoms in total. The fourth-order valence-corrected chi connectivity index (χ4v) is 8.32. The maximum absolute atomic E-state index is 13.3. The molecule has 3 aromatic heterocycles. The first kappa shape index (κ1) is 46.3. The van der Waals surface area contributed by atoms with Gasteiger partial charge in [0.1, 0.15) is 11.5 Å². The molecule has 0 aliphatic rings. The van der Waals surface area contributed by atoms with E-state index >= 15 is 0 Å². The lowest BCUT2D eigenvalue weighted by Crippen LogP contribution is -2.21. The molecule has 5 rings (SSSR count). The Morgan fingerprint density at radius 1 is 0.898 bits per heavy atom. The molecule has 59 heavy (non-hydrogen) atoms. The molecule has 0 saturated carbocycles.